The highest BCUT2D eigenvalue weighted by atomic mass is 16.4. The van der Waals surface area contributed by atoms with E-state index >= 15 is 0 Å². The molecule has 1 heterocycles. The van der Waals surface area contributed by atoms with E-state index in [0.717, 1.165) is 18.5 Å². The molecule has 1 aliphatic heterocycles. The van der Waals surface area contributed by atoms with Crippen molar-refractivity contribution in [1.82, 2.24) is 5.32 Å². The third-order valence-corrected chi connectivity index (χ3v) is 3.29. The van der Waals surface area contributed by atoms with Crippen molar-refractivity contribution in [3.63, 3.8) is 0 Å². The second-order valence-electron chi connectivity index (χ2n) is 4.51. The summed E-state index contributed by atoms with van der Waals surface area (Å²) in [5.41, 5.74) is 0.343. The van der Waals surface area contributed by atoms with Gasteiger partial charge in [-0.05, 0) is 31.4 Å². The smallest absolute Gasteiger partial charge is 0.0492 e. The van der Waals surface area contributed by atoms with E-state index in [1.807, 2.05) is 30.3 Å². The van der Waals surface area contributed by atoms with Gasteiger partial charge in [-0.3, -0.25) is 0 Å². The monoisotopic (exact) mass is 218 g/mol. The van der Waals surface area contributed by atoms with Crippen molar-refractivity contribution in [3.8, 4) is 0 Å². The number of carbonyl (C=O) groups excluding carboxylic acids is 1. The third-order valence-electron chi connectivity index (χ3n) is 3.29. The van der Waals surface area contributed by atoms with Gasteiger partial charge in [-0.15, -0.1) is 0 Å². The SMILES string of the molecule is O=C([O-])C1(Cc2ccccc2)CCCNC1. The van der Waals surface area contributed by atoms with Gasteiger partial charge in [-0.1, -0.05) is 30.3 Å². The topological polar surface area (TPSA) is 52.2 Å². The minimum atomic E-state index is -0.927. The van der Waals surface area contributed by atoms with Crippen LogP contribution in [0.1, 0.15) is 18.4 Å². The summed E-state index contributed by atoms with van der Waals surface area (Å²) in [6.45, 7) is 1.42. The van der Waals surface area contributed by atoms with Crippen LogP contribution in [-0.4, -0.2) is 19.1 Å². The Morgan fingerprint density at radius 1 is 1.38 bits per heavy atom. The highest BCUT2D eigenvalue weighted by molar-refractivity contribution is 5.73. The molecule has 1 aromatic carbocycles. The number of nitrogens with one attached hydrogen (secondary N) is 1. The van der Waals surface area contributed by atoms with Gasteiger partial charge < -0.3 is 15.2 Å². The predicted octanol–water partition coefficient (Wildman–Crippen LogP) is 0.349. The van der Waals surface area contributed by atoms with Gasteiger partial charge in [0.05, 0.1) is 0 Å². The molecule has 3 heteroatoms. The number of hydrogen-bond acceptors (Lipinski definition) is 3. The zero-order chi connectivity index (χ0) is 11.4. The molecule has 16 heavy (non-hydrogen) atoms. The number of hydrogen-bond donors (Lipinski definition) is 1. The summed E-state index contributed by atoms with van der Waals surface area (Å²) >= 11 is 0. The van der Waals surface area contributed by atoms with Crippen LogP contribution in [0.15, 0.2) is 30.3 Å². The predicted molar refractivity (Wildman–Crippen MR) is 59.7 cm³/mol. The van der Waals surface area contributed by atoms with E-state index in [-0.39, 0.29) is 0 Å². The van der Waals surface area contributed by atoms with Crippen LogP contribution >= 0.6 is 0 Å². The number of benzene rings is 1. The van der Waals surface area contributed by atoms with Gasteiger partial charge >= 0.3 is 0 Å². The molecular weight excluding hydrogens is 202 g/mol. The minimum Gasteiger partial charge on any atom is -0.549 e. The molecule has 86 valence electrons. The molecule has 0 spiro atoms. The molecule has 3 nitrogen and oxygen atoms in total. The number of carboxylic acids is 1. The van der Waals surface area contributed by atoms with Crippen molar-refractivity contribution in [3.05, 3.63) is 35.9 Å². The lowest BCUT2D eigenvalue weighted by Crippen LogP contribution is -2.52. The van der Waals surface area contributed by atoms with Crippen molar-refractivity contribution in [2.24, 2.45) is 5.41 Å². The van der Waals surface area contributed by atoms with Gasteiger partial charge in [-0.25, -0.2) is 0 Å². The fourth-order valence-corrected chi connectivity index (χ4v) is 2.35. The van der Waals surface area contributed by atoms with Gasteiger partial charge in [0.1, 0.15) is 0 Å². The molecule has 1 aliphatic rings. The van der Waals surface area contributed by atoms with Crippen molar-refractivity contribution < 1.29 is 9.90 Å². The zero-order valence-electron chi connectivity index (χ0n) is 9.24. The highest BCUT2D eigenvalue weighted by Gasteiger charge is 2.33. The van der Waals surface area contributed by atoms with Gasteiger partial charge in [0.15, 0.2) is 0 Å². The molecule has 0 radical (unpaired) electrons. The largest absolute Gasteiger partial charge is 0.549 e. The van der Waals surface area contributed by atoms with Crippen molar-refractivity contribution in [2.75, 3.05) is 13.1 Å². The summed E-state index contributed by atoms with van der Waals surface area (Å²) in [7, 11) is 0. The summed E-state index contributed by atoms with van der Waals surface area (Å²) in [4.78, 5) is 11.3. The van der Waals surface area contributed by atoms with E-state index in [4.69, 9.17) is 0 Å². The fraction of sp³-hybridized carbons (Fsp3) is 0.462. The Morgan fingerprint density at radius 3 is 2.69 bits per heavy atom. The Hall–Kier alpha value is -1.35. The molecule has 1 aromatic rings. The Bertz CT molecular complexity index is 355. The molecule has 0 aliphatic carbocycles. The molecule has 1 atom stereocenters. The molecule has 0 bridgehead atoms. The van der Waals surface area contributed by atoms with Crippen LogP contribution in [-0.2, 0) is 11.2 Å². The van der Waals surface area contributed by atoms with Crippen LogP contribution in [0.25, 0.3) is 0 Å². The first-order valence-electron chi connectivity index (χ1n) is 5.69. The molecule has 0 amide bonds. The third kappa shape index (κ3) is 2.25. The molecule has 2 rings (SSSR count). The van der Waals surface area contributed by atoms with Crippen LogP contribution in [0.4, 0.5) is 0 Å². The lowest BCUT2D eigenvalue weighted by atomic mass is 9.76. The summed E-state index contributed by atoms with van der Waals surface area (Å²) < 4.78 is 0. The summed E-state index contributed by atoms with van der Waals surface area (Å²) in [5.74, 6) is -0.927. The van der Waals surface area contributed by atoms with Crippen LogP contribution in [0.2, 0.25) is 0 Å². The van der Waals surface area contributed by atoms with Crippen molar-refractivity contribution >= 4 is 5.97 Å². The zero-order valence-corrected chi connectivity index (χ0v) is 9.24. The summed E-state index contributed by atoms with van der Waals surface area (Å²) in [6.07, 6.45) is 2.17. The number of rotatable bonds is 3. The van der Waals surface area contributed by atoms with Crippen molar-refractivity contribution in [1.29, 1.82) is 0 Å². The average Bonchev–Trinajstić information content (AvgIpc) is 2.31. The van der Waals surface area contributed by atoms with E-state index in [9.17, 15) is 9.90 Å². The number of carbonyl (C=O) groups is 1. The molecule has 1 unspecified atom stereocenters. The van der Waals surface area contributed by atoms with E-state index in [1.54, 1.807) is 0 Å². The molecule has 0 saturated carbocycles. The van der Waals surface area contributed by atoms with Gasteiger partial charge in [-0.2, -0.15) is 0 Å². The first-order valence-corrected chi connectivity index (χ1v) is 5.69. The standard InChI is InChI=1S/C13H17NO2/c15-12(16)13(7-4-8-14-10-13)9-11-5-2-1-3-6-11/h1-3,5-6,14H,4,7-10H2,(H,15,16)/p-1. The van der Waals surface area contributed by atoms with Gasteiger partial charge in [0.2, 0.25) is 0 Å². The highest BCUT2D eigenvalue weighted by Crippen LogP contribution is 2.30. The maximum Gasteiger partial charge on any atom is 0.0492 e. The number of aliphatic carboxylic acids is 1. The molecule has 1 N–H and O–H groups in total. The second-order valence-corrected chi connectivity index (χ2v) is 4.51. The average molecular weight is 218 g/mol. The normalized spacial score (nSPS) is 25.2. The van der Waals surface area contributed by atoms with Crippen LogP contribution < -0.4 is 10.4 Å². The Morgan fingerprint density at radius 2 is 2.12 bits per heavy atom. The van der Waals surface area contributed by atoms with Gasteiger partial charge in [0, 0.05) is 17.9 Å². The molecule has 0 aromatic heterocycles. The van der Waals surface area contributed by atoms with E-state index in [2.05, 4.69) is 5.32 Å². The maximum absolute atomic E-state index is 11.3. The Balaban J connectivity index is 2.17. The van der Waals surface area contributed by atoms with Crippen molar-refractivity contribution in [2.45, 2.75) is 19.3 Å². The maximum atomic E-state index is 11.3. The molecular formula is C13H16NO2-. The first kappa shape index (κ1) is 11.1. The van der Waals surface area contributed by atoms with Crippen LogP contribution in [0, 0.1) is 5.41 Å². The fourth-order valence-electron chi connectivity index (χ4n) is 2.35. The van der Waals surface area contributed by atoms with Crippen LogP contribution in [0.3, 0.4) is 0 Å². The number of piperidine rings is 1. The van der Waals surface area contributed by atoms with E-state index in [1.165, 1.54) is 0 Å². The minimum absolute atomic E-state index is 0.518. The van der Waals surface area contributed by atoms with E-state index in [0.29, 0.717) is 19.4 Å². The summed E-state index contributed by atoms with van der Waals surface area (Å²) in [5, 5.41) is 14.5. The second kappa shape index (κ2) is 4.66. The summed E-state index contributed by atoms with van der Waals surface area (Å²) in [6, 6.07) is 9.76. The Labute approximate surface area is 95.5 Å². The van der Waals surface area contributed by atoms with Crippen LogP contribution in [0.5, 0.6) is 0 Å². The quantitative estimate of drug-likeness (QED) is 0.796. The number of carboxylic acid groups (broad SMARTS) is 1. The van der Waals surface area contributed by atoms with Gasteiger partial charge in [0.25, 0.3) is 0 Å². The lowest BCUT2D eigenvalue weighted by Gasteiger charge is -2.38. The lowest BCUT2D eigenvalue weighted by molar-refractivity contribution is -0.320. The molecule has 1 fully saturated rings. The van der Waals surface area contributed by atoms with E-state index < -0.39 is 11.4 Å². The molecule has 1 saturated heterocycles. The first-order chi connectivity index (χ1) is 7.73. The Kier molecular flexibility index (Phi) is 3.25.